The highest BCUT2D eigenvalue weighted by Gasteiger charge is 2.09. The number of nitrogens with zero attached hydrogens (tertiary/aromatic N) is 1. The minimum Gasteiger partial charge on any atom is -0.398 e. The van der Waals surface area contributed by atoms with E-state index in [1.807, 2.05) is 6.92 Å². The van der Waals surface area contributed by atoms with Crippen LogP contribution in [0, 0.1) is 0 Å². The molecule has 0 spiro atoms. The predicted octanol–water partition coefficient (Wildman–Crippen LogP) is 1.46. The van der Waals surface area contributed by atoms with Crippen LogP contribution in [0.4, 0.5) is 5.69 Å². The first-order chi connectivity index (χ1) is 6.65. The van der Waals surface area contributed by atoms with E-state index in [-0.39, 0.29) is 11.1 Å². The number of carbonyl (C=O) groups is 1. The van der Waals surface area contributed by atoms with E-state index in [1.165, 1.54) is 12.3 Å². The monoisotopic (exact) mass is 213 g/mol. The molecule has 1 rings (SSSR count). The first-order valence-corrected chi connectivity index (χ1v) is 4.72. The Balaban J connectivity index is 2.80. The molecular formula is C9H12ClN3O. The van der Waals surface area contributed by atoms with Crippen LogP contribution in [0.3, 0.4) is 0 Å². The van der Waals surface area contributed by atoms with Gasteiger partial charge in [-0.15, -0.1) is 0 Å². The van der Waals surface area contributed by atoms with Gasteiger partial charge >= 0.3 is 0 Å². The number of aromatic nitrogens is 1. The summed E-state index contributed by atoms with van der Waals surface area (Å²) < 4.78 is 0. The second kappa shape index (κ2) is 4.81. The van der Waals surface area contributed by atoms with Crippen LogP contribution in [0.1, 0.15) is 23.7 Å². The Hall–Kier alpha value is -1.29. The molecule has 0 fully saturated rings. The quantitative estimate of drug-likeness (QED) is 0.747. The maximum Gasteiger partial charge on any atom is 0.254 e. The van der Waals surface area contributed by atoms with Crippen molar-refractivity contribution in [3.8, 4) is 0 Å². The third-order valence-corrected chi connectivity index (χ3v) is 1.89. The number of hydrogen-bond donors (Lipinski definition) is 2. The average molecular weight is 214 g/mol. The number of hydrogen-bond acceptors (Lipinski definition) is 3. The van der Waals surface area contributed by atoms with Gasteiger partial charge in [0.2, 0.25) is 0 Å². The summed E-state index contributed by atoms with van der Waals surface area (Å²) in [6.45, 7) is 2.60. The minimum absolute atomic E-state index is 0.214. The lowest BCUT2D eigenvalue weighted by Gasteiger charge is -2.05. The van der Waals surface area contributed by atoms with Crippen molar-refractivity contribution in [2.75, 3.05) is 12.3 Å². The fourth-order valence-electron chi connectivity index (χ4n) is 0.968. The molecule has 0 bridgehead atoms. The van der Waals surface area contributed by atoms with E-state index < -0.39 is 0 Å². The molecule has 4 nitrogen and oxygen atoms in total. The van der Waals surface area contributed by atoms with E-state index in [1.54, 1.807) is 0 Å². The van der Waals surface area contributed by atoms with Gasteiger partial charge in [-0.3, -0.25) is 4.79 Å². The van der Waals surface area contributed by atoms with Crippen molar-refractivity contribution in [3.05, 3.63) is 23.0 Å². The highest BCUT2D eigenvalue weighted by atomic mass is 35.5. The van der Waals surface area contributed by atoms with Gasteiger partial charge in [-0.1, -0.05) is 18.5 Å². The number of nitrogens with one attached hydrogen (secondary N) is 1. The van der Waals surface area contributed by atoms with Crippen LogP contribution in [0.2, 0.25) is 5.15 Å². The van der Waals surface area contributed by atoms with Crippen molar-refractivity contribution in [1.29, 1.82) is 0 Å². The molecule has 0 atom stereocenters. The van der Waals surface area contributed by atoms with Gasteiger partial charge in [0.1, 0.15) is 5.15 Å². The van der Waals surface area contributed by atoms with Crippen LogP contribution in [0.15, 0.2) is 12.3 Å². The van der Waals surface area contributed by atoms with Crippen LogP contribution in [-0.2, 0) is 0 Å². The first-order valence-electron chi connectivity index (χ1n) is 4.34. The van der Waals surface area contributed by atoms with Crippen molar-refractivity contribution < 1.29 is 4.79 Å². The molecule has 3 N–H and O–H groups in total. The molecule has 0 saturated heterocycles. The highest BCUT2D eigenvalue weighted by molar-refractivity contribution is 6.29. The van der Waals surface area contributed by atoms with Crippen LogP contribution < -0.4 is 11.1 Å². The molecule has 0 saturated carbocycles. The molecule has 0 aromatic carbocycles. The van der Waals surface area contributed by atoms with Gasteiger partial charge in [-0.05, 0) is 12.5 Å². The van der Waals surface area contributed by atoms with Gasteiger partial charge in [-0.2, -0.15) is 0 Å². The topological polar surface area (TPSA) is 68.0 Å². The van der Waals surface area contributed by atoms with E-state index in [9.17, 15) is 4.79 Å². The molecule has 14 heavy (non-hydrogen) atoms. The lowest BCUT2D eigenvalue weighted by Crippen LogP contribution is -2.25. The SMILES string of the molecule is CCCNC(=O)c1cnc(Cl)cc1N. The summed E-state index contributed by atoms with van der Waals surface area (Å²) in [7, 11) is 0. The summed E-state index contributed by atoms with van der Waals surface area (Å²) in [4.78, 5) is 15.3. The molecular weight excluding hydrogens is 202 g/mol. The van der Waals surface area contributed by atoms with Gasteiger partial charge in [-0.25, -0.2) is 4.98 Å². The van der Waals surface area contributed by atoms with Gasteiger partial charge in [0.25, 0.3) is 5.91 Å². The number of anilines is 1. The largest absolute Gasteiger partial charge is 0.398 e. The van der Waals surface area contributed by atoms with Crippen LogP contribution in [0.5, 0.6) is 0 Å². The molecule has 76 valence electrons. The number of nitrogens with two attached hydrogens (primary N) is 1. The van der Waals surface area contributed by atoms with E-state index in [0.717, 1.165) is 6.42 Å². The van der Waals surface area contributed by atoms with E-state index in [0.29, 0.717) is 17.8 Å². The number of halogens is 1. The van der Waals surface area contributed by atoms with Gasteiger partial charge in [0, 0.05) is 18.4 Å². The van der Waals surface area contributed by atoms with Crippen molar-refractivity contribution in [2.45, 2.75) is 13.3 Å². The molecule has 0 unspecified atom stereocenters. The first kappa shape index (κ1) is 10.8. The summed E-state index contributed by atoms with van der Waals surface area (Å²) in [5.41, 5.74) is 6.32. The molecule has 1 aromatic heterocycles. The summed E-state index contributed by atoms with van der Waals surface area (Å²) in [5, 5.41) is 2.99. The second-order valence-corrected chi connectivity index (χ2v) is 3.24. The molecule has 5 heteroatoms. The molecule has 1 aromatic rings. The summed E-state index contributed by atoms with van der Waals surface area (Å²) >= 11 is 5.60. The third-order valence-electron chi connectivity index (χ3n) is 1.68. The maximum atomic E-state index is 11.5. The standard InChI is InChI=1S/C9H12ClN3O/c1-2-3-12-9(14)6-5-13-8(10)4-7(6)11/h4-5H,2-3H2,1H3,(H2,11,13)(H,12,14). The molecule has 0 aliphatic rings. The second-order valence-electron chi connectivity index (χ2n) is 2.85. The zero-order valence-electron chi connectivity index (χ0n) is 7.88. The molecule has 0 aliphatic carbocycles. The fraction of sp³-hybridized carbons (Fsp3) is 0.333. The van der Waals surface area contributed by atoms with Crippen LogP contribution in [0.25, 0.3) is 0 Å². The maximum absolute atomic E-state index is 11.5. The summed E-state index contributed by atoms with van der Waals surface area (Å²) in [5.74, 6) is -0.214. The van der Waals surface area contributed by atoms with Crippen molar-refractivity contribution in [1.82, 2.24) is 10.3 Å². The average Bonchev–Trinajstić information content (AvgIpc) is 2.14. The lowest BCUT2D eigenvalue weighted by atomic mass is 10.2. The number of rotatable bonds is 3. The zero-order chi connectivity index (χ0) is 10.6. The van der Waals surface area contributed by atoms with E-state index in [4.69, 9.17) is 17.3 Å². The number of carbonyl (C=O) groups excluding carboxylic acids is 1. The third kappa shape index (κ3) is 2.60. The predicted molar refractivity (Wildman–Crippen MR) is 56.3 cm³/mol. The van der Waals surface area contributed by atoms with Crippen LogP contribution in [-0.4, -0.2) is 17.4 Å². The Kier molecular flexibility index (Phi) is 3.71. The van der Waals surface area contributed by atoms with E-state index >= 15 is 0 Å². The Bertz CT molecular complexity index is 341. The van der Waals surface area contributed by atoms with Crippen molar-refractivity contribution >= 4 is 23.2 Å². The highest BCUT2D eigenvalue weighted by Crippen LogP contribution is 2.14. The zero-order valence-corrected chi connectivity index (χ0v) is 8.64. The smallest absolute Gasteiger partial charge is 0.254 e. The Labute approximate surface area is 87.5 Å². The summed E-state index contributed by atoms with van der Waals surface area (Å²) in [6.07, 6.45) is 2.26. The Morgan fingerprint density at radius 3 is 3.00 bits per heavy atom. The molecule has 1 heterocycles. The number of pyridine rings is 1. The van der Waals surface area contributed by atoms with Gasteiger partial charge in [0.05, 0.1) is 5.56 Å². The molecule has 0 aliphatic heterocycles. The lowest BCUT2D eigenvalue weighted by molar-refractivity contribution is 0.0954. The Morgan fingerprint density at radius 2 is 2.43 bits per heavy atom. The van der Waals surface area contributed by atoms with Gasteiger partial charge in [0.15, 0.2) is 0 Å². The Morgan fingerprint density at radius 1 is 1.71 bits per heavy atom. The number of nitrogen functional groups attached to an aromatic ring is 1. The fourth-order valence-corrected chi connectivity index (χ4v) is 1.13. The van der Waals surface area contributed by atoms with Gasteiger partial charge < -0.3 is 11.1 Å². The van der Waals surface area contributed by atoms with E-state index in [2.05, 4.69) is 10.3 Å². The van der Waals surface area contributed by atoms with Crippen molar-refractivity contribution in [2.24, 2.45) is 0 Å². The molecule has 1 amide bonds. The van der Waals surface area contributed by atoms with Crippen molar-refractivity contribution in [3.63, 3.8) is 0 Å². The minimum atomic E-state index is -0.214. The molecule has 0 radical (unpaired) electrons. The normalized spacial score (nSPS) is 9.86. The van der Waals surface area contributed by atoms with Crippen LogP contribution >= 0.6 is 11.6 Å². The summed E-state index contributed by atoms with van der Waals surface area (Å²) in [6, 6.07) is 1.46. The number of amides is 1.